The molecule has 2 unspecified atom stereocenters. The van der Waals surface area contributed by atoms with Crippen LogP contribution in [0.1, 0.15) is 19.8 Å². The number of rotatable bonds is 6. The second-order valence-corrected chi connectivity index (χ2v) is 8.23. The number of hydrogen-bond acceptors (Lipinski definition) is 8. The van der Waals surface area contributed by atoms with Gasteiger partial charge < -0.3 is 26.4 Å². The minimum atomic E-state index is -0.231. The standard InChI is InChI=1S/C19H28N6O2S/c1-19(6-9-28-18(20)25-19)13-4-3-5-14(10-13)24-17(26)15-11-23-16(12-22-15)21-7-8-27-2/h3,5,10-11,13,22H,4,6-9,12H2,1-2H3,(H2,20,25)(H,21,23)(H,24,26). The second kappa shape index (κ2) is 9.29. The SMILES string of the molecule is COCCNC1=NC=C(C(=O)NC2=CC(C3(C)CCSC(N)=N3)CC=C2)NC1. The number of ether oxygens (including phenoxy) is 1. The van der Waals surface area contributed by atoms with Crippen LogP contribution in [0.5, 0.6) is 0 Å². The monoisotopic (exact) mass is 404 g/mol. The second-order valence-electron chi connectivity index (χ2n) is 7.12. The van der Waals surface area contributed by atoms with Gasteiger partial charge in [-0.2, -0.15) is 0 Å². The molecule has 0 aromatic carbocycles. The lowest BCUT2D eigenvalue weighted by Crippen LogP contribution is -2.41. The van der Waals surface area contributed by atoms with E-state index in [2.05, 4.69) is 45.0 Å². The Labute approximate surface area is 169 Å². The van der Waals surface area contributed by atoms with Gasteiger partial charge in [-0.15, -0.1) is 0 Å². The molecule has 3 aliphatic rings. The molecular weight excluding hydrogens is 376 g/mol. The quantitative estimate of drug-likeness (QED) is 0.488. The molecule has 152 valence electrons. The molecule has 5 N–H and O–H groups in total. The third-order valence-corrected chi connectivity index (χ3v) is 5.82. The zero-order valence-corrected chi connectivity index (χ0v) is 17.1. The number of nitrogens with one attached hydrogen (secondary N) is 3. The van der Waals surface area contributed by atoms with Crippen LogP contribution in [-0.2, 0) is 9.53 Å². The number of amidine groups is 2. The van der Waals surface area contributed by atoms with E-state index < -0.39 is 0 Å². The first-order valence-electron chi connectivity index (χ1n) is 9.41. The summed E-state index contributed by atoms with van der Waals surface area (Å²) < 4.78 is 5.00. The van der Waals surface area contributed by atoms with Crippen LogP contribution in [-0.4, -0.2) is 55.0 Å². The van der Waals surface area contributed by atoms with E-state index in [1.165, 1.54) is 0 Å². The van der Waals surface area contributed by atoms with E-state index in [9.17, 15) is 4.79 Å². The molecular formula is C19H28N6O2S. The Balaban J connectivity index is 1.61. The van der Waals surface area contributed by atoms with Gasteiger partial charge in [0.05, 0.1) is 24.9 Å². The van der Waals surface area contributed by atoms with Crippen molar-refractivity contribution in [2.75, 3.05) is 32.6 Å². The summed E-state index contributed by atoms with van der Waals surface area (Å²) >= 11 is 1.60. The largest absolute Gasteiger partial charge is 0.383 e. The molecule has 0 saturated heterocycles. The maximum atomic E-state index is 12.6. The van der Waals surface area contributed by atoms with Gasteiger partial charge in [0.2, 0.25) is 0 Å². The van der Waals surface area contributed by atoms with Gasteiger partial charge in [-0.25, -0.2) is 4.99 Å². The molecule has 2 atom stereocenters. The van der Waals surface area contributed by atoms with E-state index in [1.807, 2.05) is 6.08 Å². The average Bonchev–Trinajstić information content (AvgIpc) is 2.69. The normalized spacial score (nSPS) is 27.0. The molecule has 0 fully saturated rings. The topological polar surface area (TPSA) is 113 Å². The Kier molecular flexibility index (Phi) is 6.79. The number of methoxy groups -OCH3 is 1. The molecule has 2 heterocycles. The van der Waals surface area contributed by atoms with Crippen LogP contribution >= 0.6 is 11.8 Å². The highest BCUT2D eigenvalue weighted by Crippen LogP contribution is 2.37. The summed E-state index contributed by atoms with van der Waals surface area (Å²) in [7, 11) is 1.65. The van der Waals surface area contributed by atoms with Crippen molar-refractivity contribution in [2.24, 2.45) is 21.6 Å². The fourth-order valence-corrected chi connectivity index (χ4v) is 4.32. The highest BCUT2D eigenvalue weighted by molar-refractivity contribution is 8.13. The number of amides is 1. The zero-order valence-electron chi connectivity index (χ0n) is 16.3. The number of hydrogen-bond donors (Lipinski definition) is 4. The minimum Gasteiger partial charge on any atom is -0.383 e. The van der Waals surface area contributed by atoms with Crippen molar-refractivity contribution < 1.29 is 9.53 Å². The number of carbonyl (C=O) groups is 1. The van der Waals surface area contributed by atoms with E-state index in [-0.39, 0.29) is 17.4 Å². The maximum absolute atomic E-state index is 12.6. The Bertz CT molecular complexity index is 758. The predicted octanol–water partition coefficient (Wildman–Crippen LogP) is 0.852. The van der Waals surface area contributed by atoms with Crippen LogP contribution in [0.4, 0.5) is 0 Å². The average molecular weight is 405 g/mol. The van der Waals surface area contributed by atoms with Crippen LogP contribution in [0.15, 0.2) is 45.8 Å². The smallest absolute Gasteiger partial charge is 0.273 e. The van der Waals surface area contributed by atoms with Crippen LogP contribution in [0.2, 0.25) is 0 Å². The Morgan fingerprint density at radius 1 is 1.54 bits per heavy atom. The van der Waals surface area contributed by atoms with Gasteiger partial charge in [-0.05, 0) is 25.8 Å². The Morgan fingerprint density at radius 2 is 2.39 bits per heavy atom. The van der Waals surface area contributed by atoms with Crippen LogP contribution in [0, 0.1) is 5.92 Å². The summed E-state index contributed by atoms with van der Waals surface area (Å²) in [6, 6.07) is 0. The van der Waals surface area contributed by atoms with Gasteiger partial charge in [0.15, 0.2) is 5.17 Å². The van der Waals surface area contributed by atoms with Gasteiger partial charge in [-0.3, -0.25) is 9.79 Å². The first kappa shape index (κ1) is 20.5. The summed E-state index contributed by atoms with van der Waals surface area (Å²) in [5, 5.41) is 9.86. The predicted molar refractivity (Wildman–Crippen MR) is 114 cm³/mol. The number of allylic oxidation sites excluding steroid dienone is 2. The van der Waals surface area contributed by atoms with E-state index in [4.69, 9.17) is 10.5 Å². The summed E-state index contributed by atoms with van der Waals surface area (Å²) in [5.74, 6) is 1.75. The fourth-order valence-electron chi connectivity index (χ4n) is 3.32. The van der Waals surface area contributed by atoms with Crippen molar-refractivity contribution in [3.8, 4) is 0 Å². The molecule has 9 heteroatoms. The molecule has 1 aliphatic carbocycles. The highest BCUT2D eigenvalue weighted by atomic mass is 32.2. The zero-order chi connectivity index (χ0) is 20.0. The van der Waals surface area contributed by atoms with Crippen LogP contribution in [0.3, 0.4) is 0 Å². The highest BCUT2D eigenvalue weighted by Gasteiger charge is 2.35. The summed E-state index contributed by atoms with van der Waals surface area (Å²) in [6.07, 6.45) is 9.51. The van der Waals surface area contributed by atoms with Crippen molar-refractivity contribution in [1.29, 1.82) is 0 Å². The molecule has 8 nitrogen and oxygen atoms in total. The number of thioether (sulfide) groups is 1. The summed E-state index contributed by atoms with van der Waals surface area (Å²) in [4.78, 5) is 21.6. The van der Waals surface area contributed by atoms with Crippen molar-refractivity contribution >= 4 is 28.7 Å². The molecule has 0 aromatic rings. The molecule has 2 aliphatic heterocycles. The minimum absolute atomic E-state index is 0.204. The van der Waals surface area contributed by atoms with Crippen LogP contribution < -0.4 is 21.7 Å². The van der Waals surface area contributed by atoms with Gasteiger partial charge in [0, 0.05) is 31.0 Å². The van der Waals surface area contributed by atoms with Gasteiger partial charge in [0.25, 0.3) is 5.91 Å². The number of aliphatic imine (C=N–C) groups is 2. The first-order chi connectivity index (χ1) is 13.5. The van der Waals surface area contributed by atoms with E-state index in [0.717, 1.165) is 30.1 Å². The van der Waals surface area contributed by atoms with Crippen LogP contribution in [0.25, 0.3) is 0 Å². The van der Waals surface area contributed by atoms with E-state index in [0.29, 0.717) is 30.6 Å². The van der Waals surface area contributed by atoms with E-state index in [1.54, 1.807) is 25.1 Å². The maximum Gasteiger partial charge on any atom is 0.273 e. The van der Waals surface area contributed by atoms with Crippen molar-refractivity contribution in [1.82, 2.24) is 16.0 Å². The Morgan fingerprint density at radius 3 is 3.11 bits per heavy atom. The lowest BCUT2D eigenvalue weighted by atomic mass is 9.79. The van der Waals surface area contributed by atoms with Crippen molar-refractivity contribution in [3.63, 3.8) is 0 Å². The molecule has 0 aromatic heterocycles. The fraction of sp³-hybridized carbons (Fsp3) is 0.526. The summed E-state index contributed by atoms with van der Waals surface area (Å²) in [5.41, 5.74) is 6.94. The molecule has 3 rings (SSSR count). The third kappa shape index (κ3) is 5.17. The summed E-state index contributed by atoms with van der Waals surface area (Å²) in [6.45, 7) is 3.89. The molecule has 28 heavy (non-hydrogen) atoms. The van der Waals surface area contributed by atoms with E-state index >= 15 is 0 Å². The molecule has 0 saturated carbocycles. The molecule has 1 amide bonds. The molecule has 0 radical (unpaired) electrons. The van der Waals surface area contributed by atoms with Gasteiger partial charge >= 0.3 is 0 Å². The first-order valence-corrected chi connectivity index (χ1v) is 10.4. The number of nitrogens with two attached hydrogens (primary N) is 1. The van der Waals surface area contributed by atoms with Crippen molar-refractivity contribution in [3.05, 3.63) is 35.8 Å². The lowest BCUT2D eigenvalue weighted by molar-refractivity contribution is -0.117. The molecule has 0 bridgehead atoms. The lowest BCUT2D eigenvalue weighted by Gasteiger charge is -2.36. The molecule has 0 spiro atoms. The number of carbonyl (C=O) groups excluding carboxylic acids is 1. The third-order valence-electron chi connectivity index (χ3n) is 5.02. The van der Waals surface area contributed by atoms with Crippen molar-refractivity contribution in [2.45, 2.75) is 25.3 Å². The van der Waals surface area contributed by atoms with Gasteiger partial charge in [-0.1, -0.05) is 23.9 Å². The number of nitrogens with zero attached hydrogens (tertiary/aromatic N) is 2. The van der Waals surface area contributed by atoms with Gasteiger partial charge in [0.1, 0.15) is 11.5 Å². The Hall–Kier alpha value is -2.26.